The molecule has 0 saturated carbocycles. The Morgan fingerprint density at radius 1 is 1.28 bits per heavy atom. The Balaban J connectivity index is 1.90. The molecule has 0 radical (unpaired) electrons. The molecule has 0 saturated heterocycles. The second-order valence-corrected chi connectivity index (χ2v) is 6.63. The van der Waals surface area contributed by atoms with Gasteiger partial charge in [0.2, 0.25) is 0 Å². The van der Waals surface area contributed by atoms with Crippen LogP contribution >= 0.6 is 15.9 Å². The fourth-order valence-electron chi connectivity index (χ4n) is 3.32. The van der Waals surface area contributed by atoms with Gasteiger partial charge in [0.25, 0.3) is 0 Å². The van der Waals surface area contributed by atoms with Crippen LogP contribution in [0.5, 0.6) is 5.75 Å². The standard InChI is InChI=1S/C17H12BrF3N2O2/c18-9-5-13-11(6-10(9)19)22-16-14(24)7-12(23(13)16)8-3-1-2-4-15(8)25-17(20)21/h1-6,12,14,17,24H,7H2/t12-,14?/m0/s1. The Labute approximate surface area is 149 Å². The summed E-state index contributed by atoms with van der Waals surface area (Å²) in [7, 11) is 0. The number of aliphatic hydroxyl groups excluding tert-OH is 1. The summed E-state index contributed by atoms with van der Waals surface area (Å²) in [5.74, 6) is -0.0355. The van der Waals surface area contributed by atoms with Gasteiger partial charge in [-0.15, -0.1) is 0 Å². The minimum atomic E-state index is -2.95. The fraction of sp³-hybridized carbons (Fsp3) is 0.235. The molecule has 1 unspecified atom stereocenters. The highest BCUT2D eigenvalue weighted by Gasteiger charge is 2.35. The maximum absolute atomic E-state index is 13.8. The summed E-state index contributed by atoms with van der Waals surface area (Å²) in [6, 6.07) is 8.86. The fourth-order valence-corrected chi connectivity index (χ4v) is 3.65. The van der Waals surface area contributed by atoms with Gasteiger partial charge in [-0.2, -0.15) is 8.78 Å². The van der Waals surface area contributed by atoms with Crippen molar-refractivity contribution in [2.45, 2.75) is 25.2 Å². The molecule has 0 aliphatic carbocycles. The minimum absolute atomic E-state index is 0.0468. The van der Waals surface area contributed by atoms with Crippen LogP contribution in [0.15, 0.2) is 40.9 Å². The van der Waals surface area contributed by atoms with Crippen molar-refractivity contribution < 1.29 is 23.0 Å². The molecule has 0 bridgehead atoms. The predicted molar refractivity (Wildman–Crippen MR) is 88.2 cm³/mol. The largest absolute Gasteiger partial charge is 0.434 e. The molecule has 3 aromatic rings. The molecule has 0 spiro atoms. The number of imidazole rings is 1. The molecular weight excluding hydrogens is 401 g/mol. The number of hydrogen-bond acceptors (Lipinski definition) is 3. The van der Waals surface area contributed by atoms with Crippen molar-refractivity contribution in [1.82, 2.24) is 9.55 Å². The van der Waals surface area contributed by atoms with Crippen LogP contribution < -0.4 is 4.74 Å². The number of aliphatic hydroxyl groups is 1. The molecule has 8 heteroatoms. The van der Waals surface area contributed by atoms with Crippen LogP contribution in [0.25, 0.3) is 11.0 Å². The van der Waals surface area contributed by atoms with Crippen LogP contribution in [-0.4, -0.2) is 21.3 Å². The topological polar surface area (TPSA) is 47.3 Å². The lowest BCUT2D eigenvalue weighted by atomic mass is 10.0. The molecule has 1 aliphatic heterocycles. The van der Waals surface area contributed by atoms with E-state index in [1.54, 1.807) is 28.8 Å². The molecule has 0 amide bonds. The van der Waals surface area contributed by atoms with Gasteiger partial charge < -0.3 is 14.4 Å². The second-order valence-electron chi connectivity index (χ2n) is 5.78. The highest BCUT2D eigenvalue weighted by atomic mass is 79.9. The third-order valence-corrected chi connectivity index (χ3v) is 4.92. The minimum Gasteiger partial charge on any atom is -0.434 e. The molecule has 1 aliphatic rings. The number of hydrogen-bond donors (Lipinski definition) is 1. The van der Waals surface area contributed by atoms with E-state index in [9.17, 15) is 18.3 Å². The SMILES string of the molecule is OC1C[C@@H](c2ccccc2OC(F)F)n2c1nc1cc(F)c(Br)cc12. The summed E-state index contributed by atoms with van der Waals surface area (Å²) in [5, 5.41) is 10.3. The van der Waals surface area contributed by atoms with Gasteiger partial charge in [-0.05, 0) is 28.1 Å². The van der Waals surface area contributed by atoms with Crippen LogP contribution in [0.2, 0.25) is 0 Å². The van der Waals surface area contributed by atoms with Gasteiger partial charge in [-0.1, -0.05) is 18.2 Å². The molecule has 1 aromatic heterocycles. The number of nitrogens with zero attached hydrogens (tertiary/aromatic N) is 2. The van der Waals surface area contributed by atoms with E-state index < -0.39 is 24.6 Å². The molecule has 25 heavy (non-hydrogen) atoms. The van der Waals surface area contributed by atoms with Crippen LogP contribution in [0, 0.1) is 5.82 Å². The van der Waals surface area contributed by atoms with E-state index in [0.29, 0.717) is 22.4 Å². The first-order valence-corrected chi connectivity index (χ1v) is 8.33. The Morgan fingerprint density at radius 2 is 2.04 bits per heavy atom. The quantitative estimate of drug-likeness (QED) is 0.685. The second kappa shape index (κ2) is 6.03. The summed E-state index contributed by atoms with van der Waals surface area (Å²) >= 11 is 3.15. The van der Waals surface area contributed by atoms with Gasteiger partial charge in [0.15, 0.2) is 0 Å². The zero-order valence-corrected chi connectivity index (χ0v) is 14.3. The Hall–Kier alpha value is -2.06. The summed E-state index contributed by atoms with van der Waals surface area (Å²) in [4.78, 5) is 4.31. The molecule has 4 rings (SSSR count). The van der Waals surface area contributed by atoms with E-state index in [2.05, 4.69) is 25.7 Å². The lowest BCUT2D eigenvalue weighted by Crippen LogP contribution is -2.10. The molecular formula is C17H12BrF3N2O2. The number of aromatic nitrogens is 2. The van der Waals surface area contributed by atoms with Gasteiger partial charge in [-0.3, -0.25) is 0 Å². The van der Waals surface area contributed by atoms with Crippen LogP contribution in [0.4, 0.5) is 13.2 Å². The first-order chi connectivity index (χ1) is 12.0. The van der Waals surface area contributed by atoms with E-state index in [0.717, 1.165) is 0 Å². The highest BCUT2D eigenvalue weighted by molar-refractivity contribution is 9.10. The highest BCUT2D eigenvalue weighted by Crippen LogP contribution is 2.44. The maximum Gasteiger partial charge on any atom is 0.387 e. The number of alkyl halides is 2. The third kappa shape index (κ3) is 2.69. The summed E-state index contributed by atoms with van der Waals surface area (Å²) in [5.41, 5.74) is 1.52. The molecule has 2 heterocycles. The maximum atomic E-state index is 13.8. The number of benzene rings is 2. The van der Waals surface area contributed by atoms with E-state index in [4.69, 9.17) is 0 Å². The predicted octanol–water partition coefficient (Wildman–Crippen LogP) is 4.57. The van der Waals surface area contributed by atoms with Crippen molar-refractivity contribution in [2.75, 3.05) is 0 Å². The molecule has 4 nitrogen and oxygen atoms in total. The van der Waals surface area contributed by atoms with Gasteiger partial charge in [0.1, 0.15) is 23.5 Å². The van der Waals surface area contributed by atoms with Crippen molar-refractivity contribution in [2.24, 2.45) is 0 Å². The average molecular weight is 413 g/mol. The number of halogens is 4. The van der Waals surface area contributed by atoms with Crippen molar-refractivity contribution in [3.8, 4) is 5.75 Å². The zero-order valence-electron chi connectivity index (χ0n) is 12.7. The van der Waals surface area contributed by atoms with E-state index in [1.165, 1.54) is 12.1 Å². The number of ether oxygens (including phenoxy) is 1. The van der Waals surface area contributed by atoms with Crippen molar-refractivity contribution >= 4 is 27.0 Å². The van der Waals surface area contributed by atoms with Crippen LogP contribution in [-0.2, 0) is 0 Å². The van der Waals surface area contributed by atoms with Gasteiger partial charge >= 0.3 is 6.61 Å². The third-order valence-electron chi connectivity index (χ3n) is 4.31. The smallest absolute Gasteiger partial charge is 0.387 e. The Kier molecular flexibility index (Phi) is 3.96. The van der Waals surface area contributed by atoms with Crippen molar-refractivity contribution in [1.29, 1.82) is 0 Å². The molecule has 0 fully saturated rings. The molecule has 1 N–H and O–H groups in total. The van der Waals surface area contributed by atoms with Gasteiger partial charge in [0, 0.05) is 18.1 Å². The summed E-state index contributed by atoms with van der Waals surface area (Å²) < 4.78 is 45.8. The lowest BCUT2D eigenvalue weighted by Gasteiger charge is -2.18. The normalized spacial score (nSPS) is 19.6. The number of rotatable bonds is 3. The molecule has 130 valence electrons. The first-order valence-electron chi connectivity index (χ1n) is 7.54. The molecule has 2 atom stereocenters. The van der Waals surface area contributed by atoms with E-state index in [1.807, 2.05) is 0 Å². The van der Waals surface area contributed by atoms with Crippen molar-refractivity contribution in [3.63, 3.8) is 0 Å². The summed E-state index contributed by atoms with van der Waals surface area (Å²) in [6.07, 6.45) is -0.601. The van der Waals surface area contributed by atoms with E-state index in [-0.39, 0.29) is 16.6 Å². The zero-order chi connectivity index (χ0) is 17.7. The first kappa shape index (κ1) is 16.4. The van der Waals surface area contributed by atoms with Gasteiger partial charge in [-0.25, -0.2) is 9.37 Å². The number of fused-ring (bicyclic) bond motifs is 3. The lowest BCUT2D eigenvalue weighted by molar-refractivity contribution is -0.0507. The Bertz CT molecular complexity index is 960. The monoisotopic (exact) mass is 412 g/mol. The van der Waals surface area contributed by atoms with Crippen molar-refractivity contribution in [3.05, 3.63) is 58.1 Å². The number of para-hydroxylation sites is 1. The summed E-state index contributed by atoms with van der Waals surface area (Å²) in [6.45, 7) is -2.95. The average Bonchev–Trinajstić information content (AvgIpc) is 3.06. The van der Waals surface area contributed by atoms with Crippen LogP contribution in [0.3, 0.4) is 0 Å². The van der Waals surface area contributed by atoms with E-state index >= 15 is 0 Å². The van der Waals surface area contributed by atoms with Crippen LogP contribution in [0.1, 0.15) is 30.0 Å². The van der Waals surface area contributed by atoms with Gasteiger partial charge in [0.05, 0.1) is 21.5 Å². The molecule has 2 aromatic carbocycles. The Morgan fingerprint density at radius 3 is 2.80 bits per heavy atom.